The van der Waals surface area contributed by atoms with Crippen LogP contribution in [0.5, 0.6) is 0 Å². The molecular formula is C15H22F2N4. The molecule has 0 saturated carbocycles. The van der Waals surface area contributed by atoms with Crippen LogP contribution in [-0.2, 0) is 6.54 Å². The maximum absolute atomic E-state index is 12.8. The summed E-state index contributed by atoms with van der Waals surface area (Å²) in [6, 6.07) is 2.34. The largest absolute Gasteiger partial charge is 0.346 e. The first-order valence-corrected chi connectivity index (χ1v) is 7.34. The van der Waals surface area contributed by atoms with E-state index in [0.717, 1.165) is 24.0 Å². The quantitative estimate of drug-likeness (QED) is 0.808. The normalized spacial score (nSPS) is 13.0. The van der Waals surface area contributed by atoms with Crippen LogP contribution < -0.4 is 5.32 Å². The average Bonchev–Trinajstić information content (AvgIpc) is 3.10. The number of alkyl halides is 2. The smallest absolute Gasteiger partial charge is 0.319 e. The molecule has 2 aromatic rings. The zero-order valence-corrected chi connectivity index (χ0v) is 12.5. The number of nitrogens with zero attached hydrogens (tertiary/aromatic N) is 3. The molecule has 1 unspecified atom stereocenters. The van der Waals surface area contributed by atoms with Crippen LogP contribution in [0.15, 0.2) is 30.9 Å². The second-order valence-corrected chi connectivity index (χ2v) is 5.06. The Kier molecular flexibility index (Phi) is 5.50. The number of halogens is 2. The van der Waals surface area contributed by atoms with Crippen LogP contribution in [0.3, 0.4) is 0 Å². The summed E-state index contributed by atoms with van der Waals surface area (Å²) in [4.78, 5) is 4.00. The Morgan fingerprint density at radius 3 is 2.76 bits per heavy atom. The van der Waals surface area contributed by atoms with Crippen LogP contribution in [0.2, 0.25) is 0 Å². The lowest BCUT2D eigenvalue weighted by Crippen LogP contribution is -2.21. The van der Waals surface area contributed by atoms with Gasteiger partial charge in [0.15, 0.2) is 0 Å². The van der Waals surface area contributed by atoms with Gasteiger partial charge in [0.1, 0.15) is 5.82 Å². The molecule has 0 fully saturated rings. The highest BCUT2D eigenvalue weighted by atomic mass is 19.3. The van der Waals surface area contributed by atoms with E-state index in [1.165, 1.54) is 18.0 Å². The third kappa shape index (κ3) is 3.91. The van der Waals surface area contributed by atoms with Gasteiger partial charge < -0.3 is 9.88 Å². The van der Waals surface area contributed by atoms with Gasteiger partial charge in [0, 0.05) is 30.8 Å². The van der Waals surface area contributed by atoms with Gasteiger partial charge in [-0.05, 0) is 31.0 Å². The molecule has 21 heavy (non-hydrogen) atoms. The maximum atomic E-state index is 12.8. The lowest BCUT2D eigenvalue weighted by molar-refractivity contribution is 0.0667. The Labute approximate surface area is 123 Å². The molecule has 1 N–H and O–H groups in total. The van der Waals surface area contributed by atoms with Crippen molar-refractivity contribution in [2.45, 2.75) is 45.8 Å². The van der Waals surface area contributed by atoms with Gasteiger partial charge >= 0.3 is 6.55 Å². The molecule has 116 valence electrons. The minimum absolute atomic E-state index is 0.307. The molecule has 0 aromatic carbocycles. The highest BCUT2D eigenvalue weighted by molar-refractivity contribution is 5.16. The molecule has 4 nitrogen and oxygen atoms in total. The summed E-state index contributed by atoms with van der Waals surface area (Å²) in [7, 11) is 0. The minimum atomic E-state index is -2.55. The van der Waals surface area contributed by atoms with Crippen LogP contribution in [0.4, 0.5) is 8.78 Å². The third-order valence-electron chi connectivity index (χ3n) is 3.51. The van der Waals surface area contributed by atoms with Crippen molar-refractivity contribution in [3.8, 4) is 0 Å². The van der Waals surface area contributed by atoms with E-state index in [1.54, 1.807) is 0 Å². The number of rotatable bonds is 8. The van der Waals surface area contributed by atoms with E-state index in [1.807, 2.05) is 23.0 Å². The molecular weight excluding hydrogens is 274 g/mol. The van der Waals surface area contributed by atoms with Crippen molar-refractivity contribution in [2.24, 2.45) is 0 Å². The monoisotopic (exact) mass is 296 g/mol. The number of hydrogen-bond acceptors (Lipinski definition) is 2. The van der Waals surface area contributed by atoms with Gasteiger partial charge in [-0.2, -0.15) is 8.78 Å². The summed E-state index contributed by atoms with van der Waals surface area (Å²) in [6.07, 6.45) is 8.71. The number of nitrogens with one attached hydrogen (secondary N) is 1. The SMILES string of the molecule is CCCNC(CC)c1ccn(Cc2nccn2C(F)F)c1. The summed E-state index contributed by atoms with van der Waals surface area (Å²) in [5.74, 6) is 0.363. The number of hydrogen-bond donors (Lipinski definition) is 1. The summed E-state index contributed by atoms with van der Waals surface area (Å²) in [6.45, 7) is 3.04. The van der Waals surface area contributed by atoms with Crippen LogP contribution in [-0.4, -0.2) is 20.7 Å². The Morgan fingerprint density at radius 1 is 1.29 bits per heavy atom. The molecule has 0 radical (unpaired) electrons. The van der Waals surface area contributed by atoms with Crippen LogP contribution in [0, 0.1) is 0 Å². The van der Waals surface area contributed by atoms with E-state index in [-0.39, 0.29) is 0 Å². The third-order valence-corrected chi connectivity index (χ3v) is 3.51. The van der Waals surface area contributed by atoms with E-state index in [9.17, 15) is 8.78 Å². The number of aromatic nitrogens is 3. The summed E-state index contributed by atoms with van der Waals surface area (Å²) < 4.78 is 28.4. The van der Waals surface area contributed by atoms with Crippen molar-refractivity contribution in [1.82, 2.24) is 19.4 Å². The fraction of sp³-hybridized carbons (Fsp3) is 0.533. The van der Waals surface area contributed by atoms with Crippen molar-refractivity contribution < 1.29 is 8.78 Å². The van der Waals surface area contributed by atoms with E-state index in [2.05, 4.69) is 24.1 Å². The predicted molar refractivity (Wildman–Crippen MR) is 78.3 cm³/mol. The summed E-state index contributed by atoms with van der Waals surface area (Å²) >= 11 is 0. The first kappa shape index (κ1) is 15.7. The van der Waals surface area contributed by atoms with Gasteiger partial charge in [-0.3, -0.25) is 4.57 Å². The van der Waals surface area contributed by atoms with E-state index in [0.29, 0.717) is 18.4 Å². The first-order valence-electron chi connectivity index (χ1n) is 7.34. The second-order valence-electron chi connectivity index (χ2n) is 5.06. The average molecular weight is 296 g/mol. The standard InChI is InChI=1S/C15H22F2N4/c1-3-6-18-13(4-2)12-5-8-20(10-12)11-14-19-7-9-21(14)15(16)17/h5,7-10,13,15,18H,3-4,6,11H2,1-2H3. The van der Waals surface area contributed by atoms with Crippen molar-refractivity contribution in [2.75, 3.05) is 6.54 Å². The zero-order chi connectivity index (χ0) is 15.2. The van der Waals surface area contributed by atoms with E-state index < -0.39 is 6.55 Å². The molecule has 0 amide bonds. The van der Waals surface area contributed by atoms with E-state index >= 15 is 0 Å². The Balaban J connectivity index is 2.07. The van der Waals surface area contributed by atoms with Gasteiger partial charge in [-0.1, -0.05) is 13.8 Å². The minimum Gasteiger partial charge on any atom is -0.346 e. The van der Waals surface area contributed by atoms with Crippen LogP contribution in [0.1, 0.15) is 50.7 Å². The predicted octanol–water partition coefficient (Wildman–Crippen LogP) is 3.58. The Morgan fingerprint density at radius 2 is 2.10 bits per heavy atom. The van der Waals surface area contributed by atoms with Gasteiger partial charge in [0.25, 0.3) is 0 Å². The molecule has 0 saturated heterocycles. The molecule has 1 atom stereocenters. The molecule has 0 aliphatic rings. The van der Waals surface area contributed by atoms with Gasteiger partial charge in [-0.25, -0.2) is 4.98 Å². The van der Waals surface area contributed by atoms with E-state index in [4.69, 9.17) is 0 Å². The number of imidazole rings is 1. The topological polar surface area (TPSA) is 34.8 Å². The molecule has 2 aromatic heterocycles. The zero-order valence-electron chi connectivity index (χ0n) is 12.5. The van der Waals surface area contributed by atoms with Gasteiger partial charge in [0.2, 0.25) is 0 Å². The van der Waals surface area contributed by atoms with Crippen LogP contribution >= 0.6 is 0 Å². The lowest BCUT2D eigenvalue weighted by Gasteiger charge is -2.15. The lowest BCUT2D eigenvalue weighted by atomic mass is 10.1. The molecule has 0 aliphatic carbocycles. The molecule has 6 heteroatoms. The van der Waals surface area contributed by atoms with Crippen molar-refractivity contribution >= 4 is 0 Å². The highest BCUT2D eigenvalue weighted by Gasteiger charge is 2.13. The second kappa shape index (κ2) is 7.36. The van der Waals surface area contributed by atoms with Crippen molar-refractivity contribution in [1.29, 1.82) is 0 Å². The fourth-order valence-corrected chi connectivity index (χ4v) is 2.39. The molecule has 0 bridgehead atoms. The fourth-order valence-electron chi connectivity index (χ4n) is 2.39. The Hall–Kier alpha value is -1.69. The van der Waals surface area contributed by atoms with Gasteiger partial charge in [0.05, 0.1) is 6.54 Å². The Bertz CT molecular complexity index is 547. The summed E-state index contributed by atoms with van der Waals surface area (Å²) in [5.41, 5.74) is 1.18. The maximum Gasteiger partial charge on any atom is 0.319 e. The van der Waals surface area contributed by atoms with Crippen molar-refractivity contribution in [3.63, 3.8) is 0 Å². The highest BCUT2D eigenvalue weighted by Crippen LogP contribution is 2.18. The van der Waals surface area contributed by atoms with Crippen molar-refractivity contribution in [3.05, 3.63) is 42.2 Å². The first-order chi connectivity index (χ1) is 10.2. The molecule has 0 aliphatic heterocycles. The molecule has 0 spiro atoms. The summed E-state index contributed by atoms with van der Waals surface area (Å²) in [5, 5.41) is 3.48. The molecule has 2 rings (SSSR count). The van der Waals surface area contributed by atoms with Crippen LogP contribution in [0.25, 0.3) is 0 Å². The molecule has 2 heterocycles. The van der Waals surface area contributed by atoms with Gasteiger partial charge in [-0.15, -0.1) is 0 Å².